The lowest BCUT2D eigenvalue weighted by Crippen LogP contribution is -2.35. The van der Waals surface area contributed by atoms with Crippen LogP contribution < -0.4 is 0 Å². The van der Waals surface area contributed by atoms with E-state index < -0.39 is 17.4 Å². The monoisotopic (exact) mass is 338 g/mol. The Bertz CT molecular complexity index is 917. The third-order valence-corrected chi connectivity index (χ3v) is 5.63. The first kappa shape index (κ1) is 15.1. The second kappa shape index (κ2) is 5.89. The molecule has 0 bridgehead atoms. The quantitative estimate of drug-likeness (QED) is 0.569. The second-order valence-corrected chi connectivity index (χ2v) is 6.88. The van der Waals surface area contributed by atoms with Crippen molar-refractivity contribution >= 4 is 22.7 Å². The fraction of sp³-hybridized carbons (Fsp3) is 0.167. The number of hydrogen-bond acceptors (Lipinski definition) is 5. The lowest BCUT2D eigenvalue weighted by Gasteiger charge is -2.30. The number of thioether (sulfide) groups is 1. The Hall–Kier alpha value is -2.44. The van der Waals surface area contributed by atoms with E-state index in [1.54, 1.807) is 0 Å². The molecular weight excluding hydrogens is 324 g/mol. The Balaban J connectivity index is 1.87. The molecule has 1 aromatic heterocycles. The lowest BCUT2D eigenvalue weighted by molar-refractivity contribution is -0.536. The number of aliphatic hydroxyl groups excluding tert-OH is 1. The van der Waals surface area contributed by atoms with Gasteiger partial charge in [-0.25, -0.2) is 4.98 Å². The molecule has 1 aliphatic heterocycles. The van der Waals surface area contributed by atoms with Gasteiger partial charge in [-0.1, -0.05) is 60.3 Å². The highest BCUT2D eigenvalue weighted by molar-refractivity contribution is 7.99. The number of aliphatic hydroxyl groups is 1. The van der Waals surface area contributed by atoms with Crippen molar-refractivity contribution in [2.24, 2.45) is 0 Å². The summed E-state index contributed by atoms with van der Waals surface area (Å²) < 4.78 is 0. The van der Waals surface area contributed by atoms with Crippen molar-refractivity contribution in [2.45, 2.75) is 22.4 Å². The summed E-state index contributed by atoms with van der Waals surface area (Å²) in [4.78, 5) is 15.9. The third kappa shape index (κ3) is 2.44. The molecule has 0 amide bonds. The van der Waals surface area contributed by atoms with Crippen LogP contribution in [0.3, 0.4) is 0 Å². The van der Waals surface area contributed by atoms with E-state index in [1.807, 2.05) is 60.7 Å². The van der Waals surface area contributed by atoms with Gasteiger partial charge in [0.2, 0.25) is 0 Å². The van der Waals surface area contributed by atoms with Crippen LogP contribution in [0.25, 0.3) is 10.9 Å². The Morgan fingerprint density at radius 3 is 2.54 bits per heavy atom. The zero-order valence-electron chi connectivity index (χ0n) is 12.6. The van der Waals surface area contributed by atoms with Gasteiger partial charge in [0.15, 0.2) is 6.10 Å². The molecule has 5 nitrogen and oxygen atoms in total. The first-order valence-corrected chi connectivity index (χ1v) is 8.46. The number of rotatable bonds is 2. The maximum atomic E-state index is 11.6. The number of hydrogen-bond donors (Lipinski definition) is 1. The van der Waals surface area contributed by atoms with E-state index in [1.165, 1.54) is 11.8 Å². The summed E-state index contributed by atoms with van der Waals surface area (Å²) in [5, 5.41) is 23.4. The molecule has 24 heavy (non-hydrogen) atoms. The third-order valence-electron chi connectivity index (χ3n) is 4.28. The van der Waals surface area contributed by atoms with E-state index in [0.29, 0.717) is 10.6 Å². The van der Waals surface area contributed by atoms with Crippen molar-refractivity contribution in [3.63, 3.8) is 0 Å². The molecule has 0 unspecified atom stereocenters. The summed E-state index contributed by atoms with van der Waals surface area (Å²) in [5.41, 5.74) is 2.18. The predicted octanol–water partition coefficient (Wildman–Crippen LogP) is 3.76. The van der Waals surface area contributed by atoms with Crippen molar-refractivity contribution in [1.82, 2.24) is 4.98 Å². The number of para-hydroxylation sites is 1. The second-order valence-electron chi connectivity index (χ2n) is 5.75. The fourth-order valence-electron chi connectivity index (χ4n) is 3.09. The van der Waals surface area contributed by atoms with Gasteiger partial charge < -0.3 is 5.11 Å². The minimum Gasteiger partial charge on any atom is -0.381 e. The molecule has 3 atom stereocenters. The first-order valence-electron chi connectivity index (χ1n) is 7.58. The number of pyridine rings is 1. The summed E-state index contributed by atoms with van der Waals surface area (Å²) >= 11 is 1.35. The van der Waals surface area contributed by atoms with Crippen LogP contribution in [0.2, 0.25) is 0 Å². The van der Waals surface area contributed by atoms with Crippen LogP contribution in [0.1, 0.15) is 22.5 Å². The highest BCUT2D eigenvalue weighted by Gasteiger charge is 2.46. The van der Waals surface area contributed by atoms with Crippen molar-refractivity contribution in [1.29, 1.82) is 0 Å². The summed E-state index contributed by atoms with van der Waals surface area (Å²) in [5.74, 6) is 0. The molecule has 0 aliphatic carbocycles. The Labute approximate surface area is 142 Å². The number of fused-ring (bicyclic) bond motifs is 2. The standard InChI is InChI=1S/C18H14N2O3S/c21-16-13-10-12-8-4-5-9-14(12)19-18(13)24-17(15(16)20(22)23)11-6-2-1-3-7-11/h1-10,15-17,21H/t15-,16+,17+/m0/s1. The van der Waals surface area contributed by atoms with Gasteiger partial charge in [-0.05, 0) is 17.7 Å². The molecule has 6 heteroatoms. The predicted molar refractivity (Wildman–Crippen MR) is 92.5 cm³/mol. The molecule has 120 valence electrons. The number of aromatic nitrogens is 1. The van der Waals surface area contributed by atoms with Crippen molar-refractivity contribution in [3.8, 4) is 0 Å². The zero-order chi connectivity index (χ0) is 16.7. The molecule has 4 rings (SSSR count). The number of benzene rings is 2. The Morgan fingerprint density at radius 1 is 1.08 bits per heavy atom. The molecule has 0 saturated heterocycles. The molecule has 3 aromatic rings. The smallest absolute Gasteiger partial charge is 0.258 e. The van der Waals surface area contributed by atoms with Gasteiger partial charge in [0, 0.05) is 15.9 Å². The van der Waals surface area contributed by atoms with Gasteiger partial charge in [0.25, 0.3) is 6.04 Å². The first-order chi connectivity index (χ1) is 11.6. The van der Waals surface area contributed by atoms with Crippen LogP contribution in [-0.2, 0) is 0 Å². The molecule has 0 spiro atoms. The van der Waals surface area contributed by atoms with Crippen LogP contribution in [0.5, 0.6) is 0 Å². The van der Waals surface area contributed by atoms with E-state index >= 15 is 0 Å². The van der Waals surface area contributed by atoms with E-state index in [4.69, 9.17) is 0 Å². The van der Waals surface area contributed by atoms with Gasteiger partial charge in [-0.15, -0.1) is 0 Å². The average molecular weight is 338 g/mol. The molecule has 0 radical (unpaired) electrons. The largest absolute Gasteiger partial charge is 0.381 e. The summed E-state index contributed by atoms with van der Waals surface area (Å²) in [6.45, 7) is 0. The maximum absolute atomic E-state index is 11.6. The van der Waals surface area contributed by atoms with Crippen LogP contribution in [0.15, 0.2) is 65.7 Å². The SMILES string of the molecule is O=[N+]([O-])[C@H]1[C@H](O)c2cc3ccccc3nc2S[C@@H]1c1ccccc1. The van der Waals surface area contributed by atoms with Crippen molar-refractivity contribution in [2.75, 3.05) is 0 Å². The van der Waals surface area contributed by atoms with Crippen LogP contribution in [-0.4, -0.2) is 21.1 Å². The molecule has 1 N–H and O–H groups in total. The van der Waals surface area contributed by atoms with Crippen molar-refractivity contribution in [3.05, 3.63) is 81.9 Å². The Kier molecular flexibility index (Phi) is 3.70. The minimum atomic E-state index is -1.18. The number of nitro groups is 1. The zero-order valence-corrected chi connectivity index (χ0v) is 13.4. The molecule has 0 fully saturated rings. The van der Waals surface area contributed by atoms with E-state index in [-0.39, 0.29) is 4.92 Å². The Morgan fingerprint density at radius 2 is 1.79 bits per heavy atom. The molecule has 2 aromatic carbocycles. The van der Waals surface area contributed by atoms with Gasteiger partial charge in [-0.3, -0.25) is 10.1 Å². The molecule has 1 aliphatic rings. The highest BCUT2D eigenvalue weighted by Crippen LogP contribution is 2.49. The maximum Gasteiger partial charge on any atom is 0.258 e. The van der Waals surface area contributed by atoms with Crippen LogP contribution in [0, 0.1) is 10.1 Å². The fourth-order valence-corrected chi connectivity index (χ4v) is 4.48. The van der Waals surface area contributed by atoms with Gasteiger partial charge in [0.1, 0.15) is 10.3 Å². The summed E-state index contributed by atoms with van der Waals surface area (Å²) in [7, 11) is 0. The number of nitrogens with zero attached hydrogens (tertiary/aromatic N) is 2. The molecule has 2 heterocycles. The van der Waals surface area contributed by atoms with E-state index in [2.05, 4.69) is 4.98 Å². The van der Waals surface area contributed by atoms with Gasteiger partial charge in [0.05, 0.1) is 5.52 Å². The summed E-state index contributed by atoms with van der Waals surface area (Å²) in [6.07, 6.45) is -1.18. The van der Waals surface area contributed by atoms with E-state index in [0.717, 1.165) is 16.5 Å². The average Bonchev–Trinajstić information content (AvgIpc) is 2.60. The molecular formula is C18H14N2O3S. The van der Waals surface area contributed by atoms with Gasteiger partial charge in [-0.2, -0.15) is 0 Å². The van der Waals surface area contributed by atoms with Crippen molar-refractivity contribution < 1.29 is 10.0 Å². The van der Waals surface area contributed by atoms with Crippen LogP contribution in [0.4, 0.5) is 0 Å². The minimum absolute atomic E-state index is 0.381. The van der Waals surface area contributed by atoms with E-state index in [9.17, 15) is 15.2 Å². The van der Waals surface area contributed by atoms with Crippen LogP contribution >= 0.6 is 11.8 Å². The lowest BCUT2D eigenvalue weighted by atomic mass is 9.95. The topological polar surface area (TPSA) is 76.3 Å². The summed E-state index contributed by atoms with van der Waals surface area (Å²) in [6, 6.07) is 17.6. The van der Waals surface area contributed by atoms with Gasteiger partial charge >= 0.3 is 0 Å². The normalized spacial score (nSPS) is 23.0. The molecule has 0 saturated carbocycles. The highest BCUT2D eigenvalue weighted by atomic mass is 32.2.